The summed E-state index contributed by atoms with van der Waals surface area (Å²) >= 11 is 0. The van der Waals surface area contributed by atoms with E-state index in [0.717, 1.165) is 0 Å². The lowest BCUT2D eigenvalue weighted by Crippen LogP contribution is -2.66. The molecule has 0 bridgehead atoms. The maximum atomic E-state index is 2.90. The molecular weight excluding hydrogens is 605 g/mol. The summed E-state index contributed by atoms with van der Waals surface area (Å²) in [7, 11) is 0. The topological polar surface area (TPSA) is 11.4 Å². The van der Waals surface area contributed by atoms with Gasteiger partial charge in [0.25, 0.3) is 6.71 Å². The van der Waals surface area contributed by atoms with Crippen LogP contribution in [0.15, 0.2) is 97.1 Å². The van der Waals surface area contributed by atoms with Gasteiger partial charge in [0.15, 0.2) is 0 Å². The van der Waals surface area contributed by atoms with Gasteiger partial charge >= 0.3 is 0 Å². The standard InChI is InChI=1S/C46H44BN3/c1-43-23-9-11-25-45(43,3)49-38-27-29(48-36-21-7-5-15-30(36)31-16-6-8-22-37(31)48)28-39-40(38)47(34-19-13-17-32(43)41(34)49)35-20-14-18-33-42(35)50(39)46(4)26-12-10-24-44(33,46)2/h5-8,13-22,27-28H,9-12,23-26H2,1-4H3. The first kappa shape index (κ1) is 28.3. The van der Waals surface area contributed by atoms with Gasteiger partial charge in [-0.2, -0.15) is 0 Å². The fourth-order valence-corrected chi connectivity index (χ4v) is 12.9. The van der Waals surface area contributed by atoms with Crippen LogP contribution in [0.4, 0.5) is 22.7 Å². The summed E-state index contributed by atoms with van der Waals surface area (Å²) < 4.78 is 2.58. The third kappa shape index (κ3) is 2.88. The average Bonchev–Trinajstić information content (AvgIpc) is 3.66. The lowest BCUT2D eigenvalue weighted by Gasteiger charge is -2.54. The Morgan fingerprint density at radius 2 is 0.980 bits per heavy atom. The molecule has 0 spiro atoms. The molecule has 5 aromatic carbocycles. The van der Waals surface area contributed by atoms with E-state index in [4.69, 9.17) is 0 Å². The predicted molar refractivity (Wildman–Crippen MR) is 211 cm³/mol. The van der Waals surface area contributed by atoms with Crippen molar-refractivity contribution in [2.45, 2.75) is 101 Å². The molecule has 0 radical (unpaired) electrons. The molecule has 4 heteroatoms. The number of fused-ring (bicyclic) bond motifs is 13. The highest BCUT2D eigenvalue weighted by atomic mass is 15.3. The van der Waals surface area contributed by atoms with Crippen molar-refractivity contribution in [3.8, 4) is 5.69 Å². The lowest BCUT2D eigenvalue weighted by atomic mass is 9.33. The quantitative estimate of drug-likeness (QED) is 0.165. The van der Waals surface area contributed by atoms with Crippen molar-refractivity contribution in [1.82, 2.24) is 4.57 Å². The maximum absolute atomic E-state index is 2.90. The molecule has 1 aromatic heterocycles. The van der Waals surface area contributed by atoms with Gasteiger partial charge in [0, 0.05) is 44.4 Å². The van der Waals surface area contributed by atoms with Gasteiger partial charge in [-0.25, -0.2) is 0 Å². The van der Waals surface area contributed by atoms with E-state index in [2.05, 4.69) is 139 Å². The van der Waals surface area contributed by atoms with Crippen LogP contribution in [0.2, 0.25) is 0 Å². The van der Waals surface area contributed by atoms with Crippen LogP contribution in [-0.2, 0) is 10.8 Å². The molecule has 50 heavy (non-hydrogen) atoms. The molecule has 2 aliphatic carbocycles. The van der Waals surface area contributed by atoms with Gasteiger partial charge in [0.2, 0.25) is 0 Å². The largest absolute Gasteiger partial charge is 0.335 e. The Hall–Kier alpha value is -4.44. The Balaban J connectivity index is 1.26. The molecule has 0 saturated heterocycles. The summed E-state index contributed by atoms with van der Waals surface area (Å²) in [6.07, 6.45) is 10.1. The van der Waals surface area contributed by atoms with E-state index in [-0.39, 0.29) is 28.6 Å². The summed E-state index contributed by atoms with van der Waals surface area (Å²) in [6, 6.07) is 38.1. The molecule has 0 N–H and O–H groups in total. The Morgan fingerprint density at radius 3 is 1.48 bits per heavy atom. The third-order valence-corrected chi connectivity index (χ3v) is 15.7. The van der Waals surface area contributed by atoms with Gasteiger partial charge < -0.3 is 14.4 Å². The monoisotopic (exact) mass is 649 g/mol. The van der Waals surface area contributed by atoms with Gasteiger partial charge in [0.05, 0.1) is 27.8 Å². The number of para-hydroxylation sites is 4. The van der Waals surface area contributed by atoms with Crippen molar-refractivity contribution >= 4 is 67.7 Å². The summed E-state index contributed by atoms with van der Waals surface area (Å²) in [5.41, 5.74) is 17.8. The van der Waals surface area contributed by atoms with E-state index in [1.165, 1.54) is 118 Å². The Bertz CT molecular complexity index is 2350. The molecule has 3 nitrogen and oxygen atoms in total. The Morgan fingerprint density at radius 1 is 0.520 bits per heavy atom. The van der Waals surface area contributed by atoms with Crippen LogP contribution in [0.1, 0.15) is 90.2 Å². The fraction of sp³-hybridized carbons (Fsp3) is 0.348. The minimum Gasteiger partial charge on any atom is -0.335 e. The Kier molecular flexibility index (Phi) is 5.03. The van der Waals surface area contributed by atoms with Crippen LogP contribution in [-0.4, -0.2) is 22.4 Å². The number of rotatable bonds is 1. The van der Waals surface area contributed by atoms with Crippen molar-refractivity contribution in [3.63, 3.8) is 0 Å². The van der Waals surface area contributed by atoms with Crippen LogP contribution >= 0.6 is 0 Å². The predicted octanol–water partition coefficient (Wildman–Crippen LogP) is 9.41. The highest BCUT2D eigenvalue weighted by Gasteiger charge is 2.64. The second-order valence-corrected chi connectivity index (χ2v) is 17.5. The number of anilines is 4. The van der Waals surface area contributed by atoms with E-state index >= 15 is 0 Å². The molecule has 4 unspecified atom stereocenters. The summed E-state index contributed by atoms with van der Waals surface area (Å²) in [6.45, 7) is 10.6. The van der Waals surface area contributed by atoms with Crippen molar-refractivity contribution in [2.24, 2.45) is 0 Å². The molecule has 2 fully saturated rings. The summed E-state index contributed by atoms with van der Waals surface area (Å²) in [5.74, 6) is 0. The zero-order chi connectivity index (χ0) is 33.4. The van der Waals surface area contributed by atoms with Gasteiger partial charge in [-0.15, -0.1) is 0 Å². The molecule has 246 valence electrons. The molecule has 0 amide bonds. The van der Waals surface area contributed by atoms with Gasteiger partial charge in [0.1, 0.15) is 0 Å². The second-order valence-electron chi connectivity index (χ2n) is 17.5. The van der Waals surface area contributed by atoms with Crippen molar-refractivity contribution in [3.05, 3.63) is 108 Å². The van der Waals surface area contributed by atoms with Crippen LogP contribution in [0, 0.1) is 0 Å². The number of nitrogens with zero attached hydrogens (tertiary/aromatic N) is 3. The SMILES string of the molecule is CC12CCCCC1(C)N1c3cc(-n4c5ccccc5c5ccccc54)cc4c3B(c3cccc2c31)c1cccc2c1N4C1(C)CCCCC21C. The van der Waals surface area contributed by atoms with Crippen LogP contribution in [0.5, 0.6) is 0 Å². The first-order valence-electron chi connectivity index (χ1n) is 19.3. The smallest absolute Gasteiger partial charge is 0.252 e. The number of hydrogen-bond acceptors (Lipinski definition) is 2. The molecule has 4 atom stereocenters. The average molecular weight is 650 g/mol. The second kappa shape index (κ2) is 8.89. The van der Waals surface area contributed by atoms with Crippen molar-refractivity contribution < 1.29 is 0 Å². The zero-order valence-corrected chi connectivity index (χ0v) is 29.8. The minimum atomic E-state index is 0.0122. The van der Waals surface area contributed by atoms with E-state index < -0.39 is 0 Å². The lowest BCUT2D eigenvalue weighted by molar-refractivity contribution is 0.194. The zero-order valence-electron chi connectivity index (χ0n) is 29.8. The van der Waals surface area contributed by atoms with Crippen molar-refractivity contribution in [2.75, 3.05) is 9.80 Å². The number of aromatic nitrogens is 1. The highest BCUT2D eigenvalue weighted by Crippen LogP contribution is 2.64. The first-order valence-corrected chi connectivity index (χ1v) is 19.3. The molecular formula is C46H44BN3. The number of hydrogen-bond donors (Lipinski definition) is 0. The van der Waals surface area contributed by atoms with Gasteiger partial charge in [-0.1, -0.05) is 112 Å². The van der Waals surface area contributed by atoms with Crippen molar-refractivity contribution in [1.29, 1.82) is 0 Å². The normalized spacial score (nSPS) is 29.6. The highest BCUT2D eigenvalue weighted by molar-refractivity contribution is 7.00. The van der Waals surface area contributed by atoms with E-state index in [0.29, 0.717) is 0 Å². The van der Waals surface area contributed by atoms with E-state index in [1.807, 2.05) is 0 Å². The third-order valence-electron chi connectivity index (χ3n) is 15.7. The van der Waals surface area contributed by atoms with E-state index in [9.17, 15) is 0 Å². The van der Waals surface area contributed by atoms with E-state index in [1.54, 1.807) is 11.1 Å². The maximum Gasteiger partial charge on any atom is 0.252 e. The Labute approximate surface area is 296 Å². The first-order chi connectivity index (χ1) is 24.3. The van der Waals surface area contributed by atoms with Crippen LogP contribution in [0.3, 0.4) is 0 Å². The molecule has 5 heterocycles. The fourth-order valence-electron chi connectivity index (χ4n) is 12.9. The van der Waals surface area contributed by atoms with Crippen LogP contribution in [0.25, 0.3) is 27.5 Å². The van der Waals surface area contributed by atoms with Gasteiger partial charge in [-0.05, 0) is 91.3 Å². The van der Waals surface area contributed by atoms with Gasteiger partial charge in [-0.3, -0.25) is 0 Å². The molecule has 6 aliphatic rings. The molecule has 12 rings (SSSR count). The number of benzene rings is 5. The molecule has 4 aliphatic heterocycles. The van der Waals surface area contributed by atoms with Crippen LogP contribution < -0.4 is 26.2 Å². The summed E-state index contributed by atoms with van der Waals surface area (Å²) in [4.78, 5) is 5.80. The molecule has 2 saturated carbocycles. The minimum absolute atomic E-state index is 0.0122. The summed E-state index contributed by atoms with van der Waals surface area (Å²) in [5, 5.41) is 2.65. The molecule has 6 aromatic rings.